The molecule has 3 aromatic rings. The Bertz CT molecular complexity index is 1300. The van der Waals surface area contributed by atoms with Gasteiger partial charge in [-0.05, 0) is 30.3 Å². The van der Waals surface area contributed by atoms with Gasteiger partial charge in [0.05, 0.1) is 29.4 Å². The van der Waals surface area contributed by atoms with E-state index in [9.17, 15) is 19.7 Å². The lowest BCUT2D eigenvalue weighted by Gasteiger charge is -2.29. The molecule has 2 heterocycles. The number of nitrogens with zero attached hydrogens (tertiary/aromatic N) is 3. The first-order chi connectivity index (χ1) is 16.4. The Hall–Kier alpha value is -3.95. The maximum atomic E-state index is 13.7. The summed E-state index contributed by atoms with van der Waals surface area (Å²) in [5, 5.41) is 13.1. The van der Waals surface area contributed by atoms with Gasteiger partial charge >= 0.3 is 0 Å². The molecule has 34 heavy (non-hydrogen) atoms. The van der Waals surface area contributed by atoms with E-state index in [0.29, 0.717) is 22.7 Å². The van der Waals surface area contributed by atoms with Crippen LogP contribution in [-0.2, 0) is 14.4 Å². The van der Waals surface area contributed by atoms with Crippen molar-refractivity contribution in [3.8, 4) is 5.75 Å². The lowest BCUT2D eigenvalue weighted by molar-refractivity contribution is -0.384. The third-order valence-electron chi connectivity index (χ3n) is 5.95. The van der Waals surface area contributed by atoms with Crippen molar-refractivity contribution in [2.75, 3.05) is 17.1 Å². The highest BCUT2D eigenvalue weighted by Crippen LogP contribution is 2.49. The Morgan fingerprint density at radius 1 is 0.971 bits per heavy atom. The molecule has 5 rings (SSSR count). The lowest BCUT2D eigenvalue weighted by Crippen LogP contribution is -2.37. The molecule has 0 bridgehead atoms. The highest BCUT2D eigenvalue weighted by Gasteiger charge is 2.60. The summed E-state index contributed by atoms with van der Waals surface area (Å²) in [5.41, 5.74) is 1.07. The van der Waals surface area contributed by atoms with Crippen LogP contribution in [0.1, 0.15) is 11.6 Å². The third kappa shape index (κ3) is 3.46. The van der Waals surface area contributed by atoms with Crippen LogP contribution in [0, 0.1) is 16.0 Å². The first kappa shape index (κ1) is 21.9. The number of hydrogen-bond acceptors (Lipinski definition) is 7. The summed E-state index contributed by atoms with van der Waals surface area (Å²) in [6, 6.07) is 18.6. The summed E-state index contributed by atoms with van der Waals surface area (Å²) >= 11 is 6.47. The van der Waals surface area contributed by atoms with Gasteiger partial charge < -0.3 is 4.74 Å². The molecule has 0 aromatic heterocycles. The fraction of sp³-hybridized carbons (Fsp3) is 0.167. The minimum atomic E-state index is -1.13. The molecular formula is C24H18ClN3O6. The highest BCUT2D eigenvalue weighted by molar-refractivity contribution is 6.31. The van der Waals surface area contributed by atoms with Crippen LogP contribution in [0.25, 0.3) is 0 Å². The molecule has 0 unspecified atom stereocenters. The normalized spacial score (nSPS) is 21.6. The monoisotopic (exact) mass is 479 g/mol. The predicted octanol–water partition coefficient (Wildman–Crippen LogP) is 4.31. The van der Waals surface area contributed by atoms with Crippen LogP contribution >= 0.6 is 11.6 Å². The quantitative estimate of drug-likeness (QED) is 0.305. The largest absolute Gasteiger partial charge is 0.497 e. The second kappa shape index (κ2) is 8.44. The summed E-state index contributed by atoms with van der Waals surface area (Å²) in [7, 11) is 1.49. The van der Waals surface area contributed by atoms with Gasteiger partial charge in [-0.25, -0.2) is 9.96 Å². The van der Waals surface area contributed by atoms with E-state index in [-0.39, 0.29) is 10.7 Å². The van der Waals surface area contributed by atoms with Crippen LogP contribution < -0.4 is 14.7 Å². The number of methoxy groups -OCH3 is 1. The van der Waals surface area contributed by atoms with E-state index < -0.39 is 34.8 Å². The van der Waals surface area contributed by atoms with Gasteiger partial charge in [-0.15, -0.1) is 0 Å². The van der Waals surface area contributed by atoms with E-state index in [0.717, 1.165) is 4.90 Å². The summed E-state index contributed by atoms with van der Waals surface area (Å²) < 4.78 is 5.23. The zero-order chi connectivity index (χ0) is 24.0. The number of carbonyl (C=O) groups is 2. The maximum absolute atomic E-state index is 13.7. The van der Waals surface area contributed by atoms with Crippen molar-refractivity contribution in [2.24, 2.45) is 5.92 Å². The number of halogens is 1. The van der Waals surface area contributed by atoms with E-state index in [1.165, 1.54) is 30.4 Å². The fourth-order valence-electron chi connectivity index (χ4n) is 4.40. The second-order valence-electron chi connectivity index (χ2n) is 7.83. The molecule has 0 N–H and O–H groups in total. The number of imide groups is 1. The minimum absolute atomic E-state index is 0.183. The van der Waals surface area contributed by atoms with Crippen LogP contribution in [0.5, 0.6) is 5.75 Å². The van der Waals surface area contributed by atoms with Gasteiger partial charge in [-0.1, -0.05) is 35.9 Å². The van der Waals surface area contributed by atoms with Gasteiger partial charge in [0.15, 0.2) is 6.10 Å². The van der Waals surface area contributed by atoms with Crippen molar-refractivity contribution in [2.45, 2.75) is 12.1 Å². The average Bonchev–Trinajstić information content (AvgIpc) is 3.35. The van der Waals surface area contributed by atoms with Crippen LogP contribution in [0.15, 0.2) is 72.8 Å². The van der Waals surface area contributed by atoms with Crippen molar-refractivity contribution >= 4 is 40.5 Å². The standard InChI is InChI=1S/C24H18ClN3O6/c1-33-17-9-5-8-15(12-17)26-23(29)20-21(18-13-16(28(31)32)10-11-19(18)25)27(34-22(20)24(26)30)14-6-3-2-4-7-14/h2-13,20-22H,1H3/t20-,21-,22+/m1/s1. The number of non-ortho nitro benzene ring substituents is 1. The smallest absolute Gasteiger partial charge is 0.269 e. The number of anilines is 2. The van der Waals surface area contributed by atoms with Crippen LogP contribution in [0.4, 0.5) is 17.1 Å². The number of hydroxylamine groups is 1. The molecule has 2 fully saturated rings. The number of amides is 2. The summed E-state index contributed by atoms with van der Waals surface area (Å²) in [6.45, 7) is 0. The molecule has 2 aliphatic rings. The Labute approximate surface area is 199 Å². The number of nitro benzene ring substituents is 1. The average molecular weight is 480 g/mol. The zero-order valence-corrected chi connectivity index (χ0v) is 18.6. The first-order valence-electron chi connectivity index (χ1n) is 10.4. The van der Waals surface area contributed by atoms with Crippen molar-refractivity contribution < 1.29 is 24.1 Å². The van der Waals surface area contributed by atoms with Crippen molar-refractivity contribution in [3.63, 3.8) is 0 Å². The molecule has 0 radical (unpaired) electrons. The molecule has 3 atom stereocenters. The molecular weight excluding hydrogens is 462 g/mol. The van der Waals surface area contributed by atoms with Gasteiger partial charge in [0.1, 0.15) is 11.7 Å². The topological polar surface area (TPSA) is 102 Å². The number of rotatable bonds is 5. The van der Waals surface area contributed by atoms with Crippen molar-refractivity contribution in [1.82, 2.24) is 0 Å². The van der Waals surface area contributed by atoms with Gasteiger partial charge in [0.2, 0.25) is 5.91 Å². The molecule has 0 saturated carbocycles. The van der Waals surface area contributed by atoms with Crippen LogP contribution in [0.3, 0.4) is 0 Å². The minimum Gasteiger partial charge on any atom is -0.497 e. The summed E-state index contributed by atoms with van der Waals surface area (Å²) in [6.07, 6.45) is -1.13. The van der Waals surface area contributed by atoms with Gasteiger partial charge in [-0.3, -0.25) is 24.5 Å². The Kier molecular flexibility index (Phi) is 5.43. The number of hydrogen-bond donors (Lipinski definition) is 0. The Morgan fingerprint density at radius 2 is 1.71 bits per heavy atom. The van der Waals surface area contributed by atoms with Crippen LogP contribution in [0.2, 0.25) is 5.02 Å². The van der Waals surface area contributed by atoms with Gasteiger partial charge in [-0.2, -0.15) is 0 Å². The number of carbonyl (C=O) groups excluding carboxylic acids is 2. The molecule has 10 heteroatoms. The van der Waals surface area contributed by atoms with E-state index in [4.69, 9.17) is 21.2 Å². The molecule has 2 saturated heterocycles. The van der Waals surface area contributed by atoms with E-state index in [2.05, 4.69) is 0 Å². The number of benzene rings is 3. The number of para-hydroxylation sites is 1. The SMILES string of the molecule is COc1cccc(N2C(=O)[C@H]3[C@H](ON(c4ccccc4)[C@@H]3c3cc([N+](=O)[O-])ccc3Cl)C2=O)c1. The molecule has 2 amide bonds. The third-order valence-corrected chi connectivity index (χ3v) is 6.29. The predicted molar refractivity (Wildman–Crippen MR) is 124 cm³/mol. The first-order valence-corrected chi connectivity index (χ1v) is 10.8. The number of fused-ring (bicyclic) bond motifs is 1. The molecule has 2 aliphatic heterocycles. The highest BCUT2D eigenvalue weighted by atomic mass is 35.5. The Morgan fingerprint density at radius 3 is 2.41 bits per heavy atom. The number of ether oxygens (including phenoxy) is 1. The Balaban J connectivity index is 1.63. The van der Waals surface area contributed by atoms with E-state index >= 15 is 0 Å². The molecule has 9 nitrogen and oxygen atoms in total. The number of nitro groups is 1. The molecule has 0 spiro atoms. The molecule has 172 valence electrons. The summed E-state index contributed by atoms with van der Waals surface area (Å²) in [4.78, 5) is 45.1. The second-order valence-corrected chi connectivity index (χ2v) is 8.24. The van der Waals surface area contributed by atoms with Gasteiger partial charge in [0.25, 0.3) is 11.6 Å². The maximum Gasteiger partial charge on any atom is 0.269 e. The van der Waals surface area contributed by atoms with E-state index in [1.54, 1.807) is 48.5 Å². The molecule has 0 aliphatic carbocycles. The van der Waals surface area contributed by atoms with E-state index in [1.807, 2.05) is 6.07 Å². The lowest BCUT2D eigenvalue weighted by atomic mass is 9.90. The van der Waals surface area contributed by atoms with Crippen LogP contribution in [-0.4, -0.2) is 30.0 Å². The van der Waals surface area contributed by atoms with Crippen molar-refractivity contribution in [3.05, 3.63) is 93.5 Å². The molecule has 3 aromatic carbocycles. The van der Waals surface area contributed by atoms with Gasteiger partial charge in [0, 0.05) is 28.8 Å². The zero-order valence-electron chi connectivity index (χ0n) is 17.8. The van der Waals surface area contributed by atoms with Crippen molar-refractivity contribution in [1.29, 1.82) is 0 Å². The summed E-state index contributed by atoms with van der Waals surface area (Å²) in [5.74, 6) is -1.51. The fourth-order valence-corrected chi connectivity index (χ4v) is 4.63.